The predicted octanol–water partition coefficient (Wildman–Crippen LogP) is 3.07. The number of nitrogen functional groups attached to an aromatic ring is 1. The molecule has 1 fully saturated rings. The molecule has 1 aromatic heterocycles. The maximum Gasteiger partial charge on any atom is 0.259 e. The highest BCUT2D eigenvalue weighted by Gasteiger charge is 2.29. The van der Waals surface area contributed by atoms with Crippen molar-refractivity contribution in [3.8, 4) is 0 Å². The van der Waals surface area contributed by atoms with Crippen LogP contribution in [0.15, 0.2) is 24.3 Å². The summed E-state index contributed by atoms with van der Waals surface area (Å²) in [6.45, 7) is 7.56. The van der Waals surface area contributed by atoms with Crippen molar-refractivity contribution in [2.75, 3.05) is 37.2 Å². The van der Waals surface area contributed by atoms with E-state index in [-0.39, 0.29) is 11.9 Å². The summed E-state index contributed by atoms with van der Waals surface area (Å²) in [5, 5.41) is 3.29. The molecule has 7 nitrogen and oxygen atoms in total. The number of unbranched alkanes of at least 4 members (excludes halogenated alkanes) is 1. The number of hydrogen-bond acceptors (Lipinski definition) is 6. The number of nitrogens with one attached hydrogen (secondary N) is 1. The molecule has 30 heavy (non-hydrogen) atoms. The zero-order chi connectivity index (χ0) is 20.9. The van der Waals surface area contributed by atoms with Crippen LogP contribution in [0.1, 0.15) is 59.8 Å². The normalized spacial score (nSPS) is 16.7. The predicted molar refractivity (Wildman–Crippen MR) is 119 cm³/mol. The number of nitrogens with two attached hydrogens (primary N) is 1. The highest BCUT2D eigenvalue weighted by molar-refractivity contribution is 6.01. The SMILES string of the molecule is CCCCNc1nc(N)nc2c1C(=O)N(Cc1ccc(CN3CCCC3)cc1)CC2. The molecule has 7 heteroatoms. The van der Waals surface area contributed by atoms with Gasteiger partial charge in [0, 0.05) is 32.6 Å². The maximum absolute atomic E-state index is 13.2. The Morgan fingerprint density at radius 2 is 1.73 bits per heavy atom. The third-order valence-corrected chi connectivity index (χ3v) is 5.94. The van der Waals surface area contributed by atoms with Gasteiger partial charge < -0.3 is 16.0 Å². The van der Waals surface area contributed by atoms with E-state index in [1.807, 2.05) is 4.90 Å². The molecule has 2 aromatic rings. The number of aromatic nitrogens is 2. The van der Waals surface area contributed by atoms with Crippen molar-refractivity contribution in [2.24, 2.45) is 0 Å². The van der Waals surface area contributed by atoms with Crippen LogP contribution in [0.4, 0.5) is 11.8 Å². The van der Waals surface area contributed by atoms with E-state index in [0.717, 1.165) is 37.2 Å². The second-order valence-electron chi connectivity index (χ2n) is 8.31. The van der Waals surface area contributed by atoms with Crippen LogP contribution in [0, 0.1) is 0 Å². The number of hydrogen-bond donors (Lipinski definition) is 2. The van der Waals surface area contributed by atoms with Crippen LogP contribution >= 0.6 is 0 Å². The van der Waals surface area contributed by atoms with Crippen molar-refractivity contribution < 1.29 is 4.79 Å². The highest BCUT2D eigenvalue weighted by Crippen LogP contribution is 2.26. The molecule has 2 aliphatic heterocycles. The van der Waals surface area contributed by atoms with Gasteiger partial charge in [0.2, 0.25) is 5.95 Å². The molecule has 0 bridgehead atoms. The smallest absolute Gasteiger partial charge is 0.259 e. The molecule has 1 aromatic carbocycles. The van der Waals surface area contributed by atoms with Gasteiger partial charge in [-0.2, -0.15) is 4.98 Å². The molecular formula is C23H32N6O. The summed E-state index contributed by atoms with van der Waals surface area (Å²) >= 11 is 0. The number of amides is 1. The van der Waals surface area contributed by atoms with Gasteiger partial charge in [0.15, 0.2) is 0 Å². The summed E-state index contributed by atoms with van der Waals surface area (Å²) in [5.74, 6) is 0.778. The lowest BCUT2D eigenvalue weighted by atomic mass is 10.0. The Morgan fingerprint density at radius 1 is 1.03 bits per heavy atom. The molecule has 1 saturated heterocycles. The third-order valence-electron chi connectivity index (χ3n) is 5.94. The molecule has 1 amide bonds. The Hall–Kier alpha value is -2.67. The number of anilines is 2. The van der Waals surface area contributed by atoms with Gasteiger partial charge in [0.25, 0.3) is 5.91 Å². The van der Waals surface area contributed by atoms with E-state index in [9.17, 15) is 4.79 Å². The molecule has 2 aliphatic rings. The molecule has 0 unspecified atom stereocenters. The Kier molecular flexibility index (Phi) is 6.47. The number of fused-ring (bicyclic) bond motifs is 1. The monoisotopic (exact) mass is 408 g/mol. The van der Waals surface area contributed by atoms with Crippen molar-refractivity contribution in [3.05, 3.63) is 46.6 Å². The van der Waals surface area contributed by atoms with Crippen molar-refractivity contribution in [1.82, 2.24) is 19.8 Å². The topological polar surface area (TPSA) is 87.4 Å². The van der Waals surface area contributed by atoms with E-state index in [4.69, 9.17) is 5.73 Å². The maximum atomic E-state index is 13.2. The minimum atomic E-state index is -0.0172. The van der Waals surface area contributed by atoms with Gasteiger partial charge in [0.05, 0.1) is 5.69 Å². The third kappa shape index (κ3) is 4.73. The van der Waals surface area contributed by atoms with E-state index in [1.165, 1.54) is 31.5 Å². The summed E-state index contributed by atoms with van der Waals surface area (Å²) in [7, 11) is 0. The first-order chi connectivity index (χ1) is 14.6. The summed E-state index contributed by atoms with van der Waals surface area (Å²) in [5.41, 5.74) is 9.69. The molecule has 4 rings (SSSR count). The van der Waals surface area contributed by atoms with E-state index in [1.54, 1.807) is 0 Å². The molecule has 0 atom stereocenters. The summed E-state index contributed by atoms with van der Waals surface area (Å²) in [6, 6.07) is 8.68. The Morgan fingerprint density at radius 3 is 2.43 bits per heavy atom. The minimum Gasteiger partial charge on any atom is -0.369 e. The van der Waals surface area contributed by atoms with Crippen LogP contribution in [0.5, 0.6) is 0 Å². The van der Waals surface area contributed by atoms with Crippen molar-refractivity contribution in [1.29, 1.82) is 0 Å². The lowest BCUT2D eigenvalue weighted by Crippen LogP contribution is -2.38. The van der Waals surface area contributed by atoms with Crippen LogP contribution in [-0.2, 0) is 19.5 Å². The van der Waals surface area contributed by atoms with Gasteiger partial charge in [-0.1, -0.05) is 37.6 Å². The first-order valence-electron chi connectivity index (χ1n) is 11.1. The number of carbonyl (C=O) groups excluding carboxylic acids is 1. The van der Waals surface area contributed by atoms with Gasteiger partial charge >= 0.3 is 0 Å². The molecular weight excluding hydrogens is 376 g/mol. The quantitative estimate of drug-likeness (QED) is 0.653. The minimum absolute atomic E-state index is 0.0172. The first kappa shape index (κ1) is 20.6. The zero-order valence-corrected chi connectivity index (χ0v) is 17.9. The van der Waals surface area contributed by atoms with Gasteiger partial charge in [-0.3, -0.25) is 9.69 Å². The van der Waals surface area contributed by atoms with Gasteiger partial charge in [-0.15, -0.1) is 0 Å². The van der Waals surface area contributed by atoms with E-state index < -0.39 is 0 Å². The van der Waals surface area contributed by atoms with Crippen LogP contribution in [0.25, 0.3) is 0 Å². The zero-order valence-electron chi connectivity index (χ0n) is 17.9. The number of nitrogens with zero attached hydrogens (tertiary/aromatic N) is 4. The fraction of sp³-hybridized carbons (Fsp3) is 0.522. The van der Waals surface area contributed by atoms with Crippen LogP contribution in [0.3, 0.4) is 0 Å². The highest BCUT2D eigenvalue weighted by atomic mass is 16.2. The van der Waals surface area contributed by atoms with E-state index >= 15 is 0 Å². The number of likely N-dealkylation sites (tertiary alicyclic amines) is 1. The van der Waals surface area contributed by atoms with Crippen molar-refractivity contribution in [3.63, 3.8) is 0 Å². The van der Waals surface area contributed by atoms with Crippen LogP contribution in [0.2, 0.25) is 0 Å². The summed E-state index contributed by atoms with van der Waals surface area (Å²) in [4.78, 5) is 26.3. The Labute approximate surface area is 178 Å². The number of benzene rings is 1. The van der Waals surface area contributed by atoms with Crippen LogP contribution < -0.4 is 11.1 Å². The number of rotatable bonds is 8. The first-order valence-corrected chi connectivity index (χ1v) is 11.1. The van der Waals surface area contributed by atoms with Gasteiger partial charge in [-0.05, 0) is 43.5 Å². The fourth-order valence-corrected chi connectivity index (χ4v) is 4.26. The average Bonchev–Trinajstić information content (AvgIpc) is 3.24. The Bertz CT molecular complexity index is 876. The van der Waals surface area contributed by atoms with E-state index in [2.05, 4.69) is 51.4 Å². The molecule has 0 spiro atoms. The lowest BCUT2D eigenvalue weighted by Gasteiger charge is -2.29. The molecule has 0 aliphatic carbocycles. The summed E-state index contributed by atoms with van der Waals surface area (Å²) < 4.78 is 0. The second-order valence-corrected chi connectivity index (χ2v) is 8.31. The number of carbonyl (C=O) groups is 1. The van der Waals surface area contributed by atoms with Crippen molar-refractivity contribution >= 4 is 17.7 Å². The molecule has 160 valence electrons. The average molecular weight is 409 g/mol. The standard InChI is InChI=1S/C23H32N6O/c1-2-3-11-25-21-20-19(26-23(24)27-21)10-14-29(22(20)30)16-18-8-6-17(7-9-18)15-28-12-4-5-13-28/h6-9H,2-5,10-16H2,1H3,(H3,24,25,26,27). The molecule has 0 saturated carbocycles. The van der Waals surface area contributed by atoms with Crippen LogP contribution in [-0.4, -0.2) is 51.9 Å². The second kappa shape index (κ2) is 9.43. The summed E-state index contributed by atoms with van der Waals surface area (Å²) in [6.07, 6.45) is 5.40. The van der Waals surface area contributed by atoms with Gasteiger partial charge in [0.1, 0.15) is 11.4 Å². The molecule has 3 N–H and O–H groups in total. The van der Waals surface area contributed by atoms with Gasteiger partial charge in [-0.25, -0.2) is 4.98 Å². The lowest BCUT2D eigenvalue weighted by molar-refractivity contribution is 0.0726. The molecule has 3 heterocycles. The van der Waals surface area contributed by atoms with Crippen molar-refractivity contribution in [2.45, 2.75) is 52.1 Å². The largest absolute Gasteiger partial charge is 0.369 e. The Balaban J connectivity index is 1.45. The fourth-order valence-electron chi connectivity index (χ4n) is 4.26. The molecule has 0 radical (unpaired) electrons. The van der Waals surface area contributed by atoms with E-state index in [0.29, 0.717) is 30.9 Å².